The maximum Gasteiger partial charge on any atom is 0.277 e. The van der Waals surface area contributed by atoms with E-state index in [4.69, 9.17) is 4.74 Å². The monoisotopic (exact) mass is 338 g/mol. The SMILES string of the molecule is O=C(COc1ccccc1Br)N/N=C/c1cccs1. The molecule has 19 heavy (non-hydrogen) atoms. The summed E-state index contributed by atoms with van der Waals surface area (Å²) in [5, 5.41) is 5.79. The highest BCUT2D eigenvalue weighted by molar-refractivity contribution is 9.10. The molecule has 0 saturated carbocycles. The van der Waals surface area contributed by atoms with Gasteiger partial charge in [-0.25, -0.2) is 5.43 Å². The van der Waals surface area contributed by atoms with Crippen molar-refractivity contribution < 1.29 is 9.53 Å². The molecule has 2 aromatic rings. The Bertz CT molecular complexity index is 570. The summed E-state index contributed by atoms with van der Waals surface area (Å²) in [5.74, 6) is 0.323. The van der Waals surface area contributed by atoms with E-state index in [2.05, 4.69) is 26.5 Å². The molecule has 2 rings (SSSR count). The Kier molecular flexibility index (Phi) is 5.11. The smallest absolute Gasteiger partial charge is 0.277 e. The summed E-state index contributed by atoms with van der Waals surface area (Å²) in [5.41, 5.74) is 2.41. The summed E-state index contributed by atoms with van der Waals surface area (Å²) >= 11 is 4.89. The Morgan fingerprint density at radius 2 is 2.21 bits per heavy atom. The molecule has 98 valence electrons. The van der Waals surface area contributed by atoms with Crippen LogP contribution in [0.1, 0.15) is 4.88 Å². The lowest BCUT2D eigenvalue weighted by molar-refractivity contribution is -0.123. The fraction of sp³-hybridized carbons (Fsp3) is 0.0769. The van der Waals surface area contributed by atoms with E-state index in [-0.39, 0.29) is 12.5 Å². The molecule has 0 atom stereocenters. The third kappa shape index (κ3) is 4.50. The van der Waals surface area contributed by atoms with Crippen molar-refractivity contribution in [2.24, 2.45) is 5.10 Å². The number of halogens is 1. The fourth-order valence-electron chi connectivity index (χ4n) is 1.27. The highest BCUT2D eigenvalue weighted by Gasteiger charge is 2.03. The molecule has 1 N–H and O–H groups in total. The van der Waals surface area contributed by atoms with Crippen molar-refractivity contribution in [3.63, 3.8) is 0 Å². The Labute approximate surface area is 123 Å². The zero-order valence-corrected chi connectivity index (χ0v) is 12.3. The van der Waals surface area contributed by atoms with Gasteiger partial charge in [-0.05, 0) is 39.5 Å². The highest BCUT2D eigenvalue weighted by atomic mass is 79.9. The predicted molar refractivity (Wildman–Crippen MR) is 79.7 cm³/mol. The summed E-state index contributed by atoms with van der Waals surface area (Å²) in [6.45, 7) is -0.0790. The van der Waals surface area contributed by atoms with E-state index in [0.717, 1.165) is 9.35 Å². The maximum absolute atomic E-state index is 11.5. The van der Waals surface area contributed by atoms with Crippen molar-refractivity contribution >= 4 is 39.4 Å². The number of ether oxygens (including phenoxy) is 1. The van der Waals surface area contributed by atoms with E-state index in [1.807, 2.05) is 35.7 Å². The Hall–Kier alpha value is -1.66. The van der Waals surface area contributed by atoms with Gasteiger partial charge in [-0.3, -0.25) is 4.79 Å². The van der Waals surface area contributed by atoms with Gasteiger partial charge < -0.3 is 4.74 Å². The first-order valence-corrected chi connectivity index (χ1v) is 7.16. The average Bonchev–Trinajstić information content (AvgIpc) is 2.91. The molecule has 1 aromatic heterocycles. The van der Waals surface area contributed by atoms with Crippen LogP contribution in [0.2, 0.25) is 0 Å². The molecule has 0 spiro atoms. The molecular weight excluding hydrogens is 328 g/mol. The molecular formula is C13H11BrN2O2S. The number of carbonyl (C=O) groups excluding carboxylic acids is 1. The number of para-hydroxylation sites is 1. The summed E-state index contributed by atoms with van der Waals surface area (Å²) in [7, 11) is 0. The molecule has 1 aromatic carbocycles. The molecule has 1 amide bonds. The van der Waals surface area contributed by atoms with E-state index in [1.54, 1.807) is 23.6 Å². The van der Waals surface area contributed by atoms with Gasteiger partial charge in [0, 0.05) is 4.88 Å². The predicted octanol–water partition coefficient (Wildman–Crippen LogP) is 3.04. The van der Waals surface area contributed by atoms with E-state index < -0.39 is 0 Å². The van der Waals surface area contributed by atoms with E-state index in [1.165, 1.54) is 0 Å². The number of nitrogens with one attached hydrogen (secondary N) is 1. The minimum Gasteiger partial charge on any atom is -0.483 e. The van der Waals surface area contributed by atoms with Crippen LogP contribution in [0.4, 0.5) is 0 Å². The van der Waals surface area contributed by atoms with Gasteiger partial charge >= 0.3 is 0 Å². The van der Waals surface area contributed by atoms with Crippen molar-refractivity contribution in [1.82, 2.24) is 5.43 Å². The molecule has 0 saturated heterocycles. The lowest BCUT2D eigenvalue weighted by Gasteiger charge is -2.06. The van der Waals surface area contributed by atoms with Gasteiger partial charge in [0.15, 0.2) is 6.61 Å². The van der Waals surface area contributed by atoms with Crippen molar-refractivity contribution in [2.75, 3.05) is 6.61 Å². The van der Waals surface area contributed by atoms with E-state index >= 15 is 0 Å². The van der Waals surface area contributed by atoms with Gasteiger partial charge in [-0.1, -0.05) is 18.2 Å². The highest BCUT2D eigenvalue weighted by Crippen LogP contribution is 2.23. The molecule has 0 aliphatic carbocycles. The van der Waals surface area contributed by atoms with Gasteiger partial charge in [0.2, 0.25) is 0 Å². The Balaban J connectivity index is 1.78. The van der Waals surface area contributed by atoms with Crippen LogP contribution >= 0.6 is 27.3 Å². The normalized spacial score (nSPS) is 10.6. The Morgan fingerprint density at radius 3 is 2.95 bits per heavy atom. The molecule has 1 heterocycles. The van der Waals surface area contributed by atoms with Crippen LogP contribution in [0.15, 0.2) is 51.4 Å². The molecule has 0 aliphatic heterocycles. The van der Waals surface area contributed by atoms with Gasteiger partial charge in [-0.2, -0.15) is 5.10 Å². The summed E-state index contributed by atoms with van der Waals surface area (Å²) in [4.78, 5) is 12.5. The number of rotatable bonds is 5. The number of hydrogen-bond donors (Lipinski definition) is 1. The second-order valence-corrected chi connectivity index (χ2v) is 5.36. The lowest BCUT2D eigenvalue weighted by atomic mass is 10.3. The molecule has 0 fully saturated rings. The lowest BCUT2D eigenvalue weighted by Crippen LogP contribution is -2.24. The van der Waals surface area contributed by atoms with E-state index in [9.17, 15) is 4.79 Å². The third-order valence-electron chi connectivity index (χ3n) is 2.12. The number of benzene rings is 1. The van der Waals surface area contributed by atoms with Crippen molar-refractivity contribution in [1.29, 1.82) is 0 Å². The minimum absolute atomic E-state index is 0.0790. The second kappa shape index (κ2) is 7.06. The third-order valence-corrected chi connectivity index (χ3v) is 3.58. The Morgan fingerprint density at radius 1 is 1.37 bits per heavy atom. The van der Waals surface area contributed by atoms with Crippen LogP contribution in [0.3, 0.4) is 0 Å². The number of carbonyl (C=O) groups is 1. The van der Waals surface area contributed by atoms with Crippen LogP contribution < -0.4 is 10.2 Å². The van der Waals surface area contributed by atoms with Crippen LogP contribution in [-0.4, -0.2) is 18.7 Å². The number of amides is 1. The molecule has 0 radical (unpaired) electrons. The average molecular weight is 339 g/mol. The largest absolute Gasteiger partial charge is 0.483 e. The molecule has 6 heteroatoms. The first-order valence-electron chi connectivity index (χ1n) is 5.48. The quantitative estimate of drug-likeness (QED) is 0.672. The molecule has 4 nitrogen and oxygen atoms in total. The minimum atomic E-state index is -0.302. The summed E-state index contributed by atoms with van der Waals surface area (Å²) in [6.07, 6.45) is 1.60. The maximum atomic E-state index is 11.5. The zero-order chi connectivity index (χ0) is 13.5. The fourth-order valence-corrected chi connectivity index (χ4v) is 2.25. The molecule has 0 unspecified atom stereocenters. The molecule has 0 bridgehead atoms. The standard InChI is InChI=1S/C13H11BrN2O2S/c14-11-5-1-2-6-12(11)18-9-13(17)16-15-8-10-4-3-7-19-10/h1-8H,9H2,(H,16,17)/b15-8+. The van der Waals surface area contributed by atoms with Crippen LogP contribution in [-0.2, 0) is 4.79 Å². The van der Waals surface area contributed by atoms with E-state index in [0.29, 0.717) is 5.75 Å². The first-order chi connectivity index (χ1) is 9.25. The van der Waals surface area contributed by atoms with Gasteiger partial charge in [0.1, 0.15) is 5.75 Å². The molecule has 0 aliphatic rings. The van der Waals surface area contributed by atoms with Gasteiger partial charge in [0.05, 0.1) is 10.7 Å². The van der Waals surface area contributed by atoms with Crippen LogP contribution in [0.25, 0.3) is 0 Å². The van der Waals surface area contributed by atoms with Crippen molar-refractivity contribution in [2.45, 2.75) is 0 Å². The van der Waals surface area contributed by atoms with Crippen LogP contribution in [0.5, 0.6) is 5.75 Å². The second-order valence-electron chi connectivity index (χ2n) is 3.53. The van der Waals surface area contributed by atoms with Crippen molar-refractivity contribution in [3.8, 4) is 5.75 Å². The zero-order valence-electron chi connectivity index (χ0n) is 9.88. The summed E-state index contributed by atoms with van der Waals surface area (Å²) in [6, 6.07) is 11.2. The summed E-state index contributed by atoms with van der Waals surface area (Å²) < 4.78 is 6.17. The number of nitrogens with zero attached hydrogens (tertiary/aromatic N) is 1. The van der Waals surface area contributed by atoms with Crippen LogP contribution in [0, 0.1) is 0 Å². The topological polar surface area (TPSA) is 50.7 Å². The van der Waals surface area contributed by atoms with Gasteiger partial charge in [-0.15, -0.1) is 11.3 Å². The first kappa shape index (κ1) is 13.8. The van der Waals surface area contributed by atoms with Crippen molar-refractivity contribution in [3.05, 3.63) is 51.1 Å². The number of hydrazone groups is 1. The number of hydrogen-bond acceptors (Lipinski definition) is 4. The van der Waals surface area contributed by atoms with Gasteiger partial charge in [0.25, 0.3) is 5.91 Å². The number of thiophene rings is 1.